The summed E-state index contributed by atoms with van der Waals surface area (Å²) in [6.07, 6.45) is 0. The SMILES string of the molecule is C=C[B]C.[Si]. The van der Waals surface area contributed by atoms with Gasteiger partial charge in [0, 0.05) is 11.0 Å². The molecule has 0 unspecified atom stereocenters. The van der Waals surface area contributed by atoms with Crippen LogP contribution in [0.2, 0.25) is 6.82 Å². The van der Waals surface area contributed by atoms with E-state index in [1.165, 1.54) is 0 Å². The summed E-state index contributed by atoms with van der Waals surface area (Å²) in [5.41, 5.74) is 0. The van der Waals surface area contributed by atoms with Crippen molar-refractivity contribution < 1.29 is 0 Å². The molecule has 0 aromatic carbocycles. The van der Waals surface area contributed by atoms with Crippen LogP contribution in [0.4, 0.5) is 0 Å². The van der Waals surface area contributed by atoms with Gasteiger partial charge in [0.25, 0.3) is 0 Å². The lowest BCUT2D eigenvalue weighted by Gasteiger charge is -1.52. The fourth-order valence-corrected chi connectivity index (χ4v) is 0. The maximum atomic E-state index is 3.42. The van der Waals surface area contributed by atoms with Crippen LogP contribution in [0.15, 0.2) is 12.6 Å². The molecule has 0 amide bonds. The number of rotatable bonds is 1. The summed E-state index contributed by atoms with van der Waals surface area (Å²) in [5, 5.41) is 0. The zero-order valence-electron chi connectivity index (χ0n) is 3.36. The molecule has 0 bridgehead atoms. The maximum absolute atomic E-state index is 3.42. The minimum absolute atomic E-state index is 0. The molecule has 0 atom stereocenters. The molecule has 0 aromatic heterocycles. The first-order valence-corrected chi connectivity index (χ1v) is 1.32. The molecule has 25 valence electrons. The predicted molar refractivity (Wildman–Crippen MR) is 27.6 cm³/mol. The van der Waals surface area contributed by atoms with Crippen molar-refractivity contribution in [3.8, 4) is 0 Å². The molecule has 0 aliphatic carbocycles. The minimum atomic E-state index is 0. The lowest BCUT2D eigenvalue weighted by molar-refractivity contribution is 2.26. The first-order chi connectivity index (χ1) is 1.91. The van der Waals surface area contributed by atoms with E-state index in [0.717, 1.165) is 0 Å². The standard InChI is InChI=1S/C3H6B.Si/c1-3-4-2;/h3H,1H2,2H3;. The second-order valence-corrected chi connectivity index (χ2v) is 0.569. The average molecular weight is 81.0 g/mol. The summed E-state index contributed by atoms with van der Waals surface area (Å²) in [6, 6.07) is 0. The van der Waals surface area contributed by atoms with Crippen LogP contribution in [0.1, 0.15) is 0 Å². The second kappa shape index (κ2) is 8.98. The average Bonchev–Trinajstić information content (AvgIpc) is 1.37. The summed E-state index contributed by atoms with van der Waals surface area (Å²) in [4.78, 5) is 0. The number of hydrogen-bond acceptors (Lipinski definition) is 0. The molecule has 0 N–H and O–H groups in total. The Morgan fingerprint density at radius 3 is 2.00 bits per heavy atom. The van der Waals surface area contributed by atoms with E-state index in [4.69, 9.17) is 0 Å². The molecule has 0 fully saturated rings. The Labute approximate surface area is 38.5 Å². The van der Waals surface area contributed by atoms with E-state index >= 15 is 0 Å². The highest BCUT2D eigenvalue weighted by Crippen LogP contribution is 1.48. The normalized spacial score (nSPS) is 4.20. The topological polar surface area (TPSA) is 0 Å². The molecule has 0 aromatic rings. The molecular weight excluding hydrogens is 74.9 g/mol. The molecule has 0 spiro atoms. The van der Waals surface area contributed by atoms with E-state index in [0.29, 0.717) is 0 Å². The van der Waals surface area contributed by atoms with Gasteiger partial charge >= 0.3 is 0 Å². The van der Waals surface area contributed by atoms with Crippen molar-refractivity contribution in [1.82, 2.24) is 0 Å². The van der Waals surface area contributed by atoms with Gasteiger partial charge in [0.2, 0.25) is 0 Å². The van der Waals surface area contributed by atoms with Crippen LogP contribution in [0, 0.1) is 0 Å². The van der Waals surface area contributed by atoms with Crippen LogP contribution >= 0.6 is 0 Å². The lowest BCUT2D eigenvalue weighted by Crippen LogP contribution is -1.61. The van der Waals surface area contributed by atoms with Crippen LogP contribution in [-0.2, 0) is 0 Å². The Morgan fingerprint density at radius 2 is 2.00 bits per heavy atom. The first kappa shape index (κ1) is 8.90. The molecule has 5 radical (unpaired) electrons. The Bertz CT molecular complexity index is 20.9. The summed E-state index contributed by atoms with van der Waals surface area (Å²) in [6.45, 7) is 5.36. The molecule has 0 aliphatic heterocycles. The summed E-state index contributed by atoms with van der Waals surface area (Å²) in [7, 11) is 1.89. The predicted octanol–water partition coefficient (Wildman–Crippen LogP) is 0.501. The fraction of sp³-hybridized carbons (Fsp3) is 0.333. The van der Waals surface area contributed by atoms with Gasteiger partial charge in [-0.15, -0.1) is 12.6 Å². The smallest absolute Gasteiger partial charge is 0.130 e. The Balaban J connectivity index is 0. The van der Waals surface area contributed by atoms with Crippen LogP contribution in [0.3, 0.4) is 0 Å². The van der Waals surface area contributed by atoms with Gasteiger partial charge in [0.15, 0.2) is 0 Å². The molecule has 0 rings (SSSR count). The largest absolute Gasteiger partial charge is 0.137 e. The second-order valence-electron chi connectivity index (χ2n) is 0.569. The molecular formula is C3H6BSi. The molecule has 0 heterocycles. The van der Waals surface area contributed by atoms with Crippen LogP contribution in [0.25, 0.3) is 0 Å². The monoisotopic (exact) mass is 81.0 g/mol. The lowest BCUT2D eigenvalue weighted by atomic mass is 9.84. The van der Waals surface area contributed by atoms with Crippen molar-refractivity contribution >= 4 is 18.2 Å². The van der Waals surface area contributed by atoms with E-state index in [9.17, 15) is 0 Å². The van der Waals surface area contributed by atoms with Gasteiger partial charge < -0.3 is 0 Å². The molecule has 0 saturated carbocycles. The van der Waals surface area contributed by atoms with Crippen molar-refractivity contribution in [3.63, 3.8) is 0 Å². The van der Waals surface area contributed by atoms with Gasteiger partial charge in [-0.25, -0.2) is 0 Å². The zero-order valence-corrected chi connectivity index (χ0v) is 4.36. The summed E-state index contributed by atoms with van der Waals surface area (Å²) in [5.74, 6) is 1.75. The van der Waals surface area contributed by atoms with Gasteiger partial charge in [-0.2, -0.15) is 0 Å². The van der Waals surface area contributed by atoms with Crippen molar-refractivity contribution in [3.05, 3.63) is 12.6 Å². The Kier molecular flexibility index (Phi) is 16.0. The maximum Gasteiger partial charge on any atom is 0.137 e. The minimum Gasteiger partial charge on any atom is -0.130 e. The molecule has 5 heavy (non-hydrogen) atoms. The molecule has 0 aliphatic rings. The summed E-state index contributed by atoms with van der Waals surface area (Å²) < 4.78 is 0. The van der Waals surface area contributed by atoms with E-state index in [-0.39, 0.29) is 11.0 Å². The first-order valence-electron chi connectivity index (χ1n) is 1.32. The fourth-order valence-electron chi connectivity index (χ4n) is 0. The van der Waals surface area contributed by atoms with E-state index in [2.05, 4.69) is 6.58 Å². The highest BCUT2D eigenvalue weighted by molar-refractivity contribution is 6.39. The summed E-state index contributed by atoms with van der Waals surface area (Å²) >= 11 is 0. The molecule has 0 nitrogen and oxygen atoms in total. The number of hydrogen-bond donors (Lipinski definition) is 0. The van der Waals surface area contributed by atoms with Gasteiger partial charge in [-0.05, 0) is 0 Å². The van der Waals surface area contributed by atoms with Crippen molar-refractivity contribution in [2.75, 3.05) is 0 Å². The Morgan fingerprint density at radius 1 is 1.80 bits per heavy atom. The third-order valence-corrected chi connectivity index (χ3v) is 0.236. The van der Waals surface area contributed by atoms with E-state index in [1.54, 1.807) is 5.98 Å². The quantitative estimate of drug-likeness (QED) is 0.403. The molecule has 2 heteroatoms. The van der Waals surface area contributed by atoms with E-state index < -0.39 is 0 Å². The van der Waals surface area contributed by atoms with Gasteiger partial charge in [0.1, 0.15) is 7.28 Å². The highest BCUT2D eigenvalue weighted by atomic mass is 28.1. The van der Waals surface area contributed by atoms with Gasteiger partial charge in [0.05, 0.1) is 0 Å². The van der Waals surface area contributed by atoms with Crippen molar-refractivity contribution in [1.29, 1.82) is 0 Å². The Hall–Kier alpha value is 0.0218. The van der Waals surface area contributed by atoms with Crippen molar-refractivity contribution in [2.45, 2.75) is 6.82 Å². The van der Waals surface area contributed by atoms with Crippen LogP contribution in [0.5, 0.6) is 0 Å². The zero-order chi connectivity index (χ0) is 3.41. The third kappa shape index (κ3) is 15.7. The third-order valence-electron chi connectivity index (χ3n) is 0.236. The van der Waals surface area contributed by atoms with Gasteiger partial charge in [-0.1, -0.05) is 6.82 Å². The molecule has 0 saturated heterocycles. The van der Waals surface area contributed by atoms with Crippen molar-refractivity contribution in [2.24, 2.45) is 0 Å². The van der Waals surface area contributed by atoms with Crippen LogP contribution < -0.4 is 0 Å². The van der Waals surface area contributed by atoms with E-state index in [1.807, 2.05) is 14.1 Å². The van der Waals surface area contributed by atoms with Gasteiger partial charge in [-0.3, -0.25) is 0 Å². The van der Waals surface area contributed by atoms with Crippen LogP contribution in [-0.4, -0.2) is 18.2 Å². The highest BCUT2D eigenvalue weighted by Gasteiger charge is 1.51.